The van der Waals surface area contributed by atoms with Crippen LogP contribution in [0.4, 0.5) is 0 Å². The van der Waals surface area contributed by atoms with E-state index in [4.69, 9.17) is 15.9 Å². The van der Waals surface area contributed by atoms with Gasteiger partial charge in [0, 0.05) is 11.5 Å². The van der Waals surface area contributed by atoms with Crippen molar-refractivity contribution >= 4 is 54.9 Å². The standard InChI is InChI=1S/C16H28N4O7S2/c1-3-7(2)12(17)15(25)19-9(5-28)14(24)18-8(4-11(21)22)13(23)20-10(6-29)16(26)27/h7-10,12,28-29H,3-6,17H2,1-2H3,(H,18,24)(H,19,25)(H,20,23)(H,21,22)(H,26,27). The molecule has 0 aliphatic carbocycles. The molecule has 0 saturated carbocycles. The molecular formula is C16H28N4O7S2. The second-order valence-corrected chi connectivity index (χ2v) is 7.13. The van der Waals surface area contributed by atoms with Gasteiger partial charge < -0.3 is 31.9 Å². The Labute approximate surface area is 179 Å². The maximum Gasteiger partial charge on any atom is 0.327 e. The zero-order valence-electron chi connectivity index (χ0n) is 16.1. The zero-order valence-corrected chi connectivity index (χ0v) is 17.9. The summed E-state index contributed by atoms with van der Waals surface area (Å²) in [6, 6.07) is -4.97. The molecule has 3 amide bonds. The Bertz CT molecular complexity index is 620. The number of hydrogen-bond acceptors (Lipinski definition) is 8. The summed E-state index contributed by atoms with van der Waals surface area (Å²) >= 11 is 7.79. The molecule has 0 spiro atoms. The molecule has 166 valence electrons. The first-order chi connectivity index (χ1) is 13.5. The minimum absolute atomic E-state index is 0.138. The van der Waals surface area contributed by atoms with Crippen LogP contribution in [-0.4, -0.2) is 75.5 Å². The average molecular weight is 453 g/mol. The molecule has 13 heteroatoms. The molecule has 0 rings (SSSR count). The van der Waals surface area contributed by atoms with Gasteiger partial charge in [-0.3, -0.25) is 19.2 Å². The molecule has 5 atom stereocenters. The molecule has 7 N–H and O–H groups in total. The Morgan fingerprint density at radius 3 is 1.72 bits per heavy atom. The molecule has 0 fully saturated rings. The predicted octanol–water partition coefficient (Wildman–Crippen LogP) is -1.77. The molecule has 0 aromatic rings. The third-order valence-electron chi connectivity index (χ3n) is 4.18. The van der Waals surface area contributed by atoms with Gasteiger partial charge in [-0.05, 0) is 5.92 Å². The molecule has 0 aliphatic rings. The van der Waals surface area contributed by atoms with E-state index in [1.165, 1.54) is 0 Å². The molecule has 5 unspecified atom stereocenters. The van der Waals surface area contributed by atoms with E-state index in [0.29, 0.717) is 6.42 Å². The highest BCUT2D eigenvalue weighted by Gasteiger charge is 2.31. The summed E-state index contributed by atoms with van der Waals surface area (Å²) in [5.41, 5.74) is 5.81. The summed E-state index contributed by atoms with van der Waals surface area (Å²) in [7, 11) is 0. The van der Waals surface area contributed by atoms with Crippen LogP contribution in [0.15, 0.2) is 0 Å². The molecule has 0 aromatic heterocycles. The number of hydrogen-bond donors (Lipinski definition) is 8. The van der Waals surface area contributed by atoms with Crippen LogP contribution in [0.3, 0.4) is 0 Å². The SMILES string of the molecule is CCC(C)C(N)C(=O)NC(CS)C(=O)NC(CC(=O)O)C(=O)NC(CS)C(=O)O. The van der Waals surface area contributed by atoms with Crippen LogP contribution in [0.5, 0.6) is 0 Å². The fourth-order valence-corrected chi connectivity index (χ4v) is 2.59. The van der Waals surface area contributed by atoms with Gasteiger partial charge >= 0.3 is 11.9 Å². The van der Waals surface area contributed by atoms with Crippen molar-refractivity contribution in [2.45, 2.75) is 50.9 Å². The molecule has 11 nitrogen and oxygen atoms in total. The lowest BCUT2D eigenvalue weighted by molar-refractivity contribution is -0.143. The monoisotopic (exact) mass is 452 g/mol. The van der Waals surface area contributed by atoms with Gasteiger partial charge in [0.25, 0.3) is 0 Å². The molecule has 0 heterocycles. The number of carbonyl (C=O) groups excluding carboxylic acids is 3. The number of carbonyl (C=O) groups is 5. The van der Waals surface area contributed by atoms with Crippen molar-refractivity contribution in [1.82, 2.24) is 16.0 Å². The Morgan fingerprint density at radius 1 is 0.862 bits per heavy atom. The van der Waals surface area contributed by atoms with E-state index in [1.54, 1.807) is 6.92 Å². The fraction of sp³-hybridized carbons (Fsp3) is 0.688. The van der Waals surface area contributed by atoms with Gasteiger partial charge in [-0.15, -0.1) is 0 Å². The highest BCUT2D eigenvalue weighted by molar-refractivity contribution is 7.80. The van der Waals surface area contributed by atoms with E-state index < -0.39 is 60.2 Å². The van der Waals surface area contributed by atoms with E-state index in [1.807, 2.05) is 6.92 Å². The lowest BCUT2D eigenvalue weighted by atomic mass is 9.99. The summed E-state index contributed by atoms with van der Waals surface area (Å²) in [5, 5.41) is 24.7. The normalized spacial score (nSPS) is 15.9. The Balaban J connectivity index is 5.22. The minimum Gasteiger partial charge on any atom is -0.481 e. The maximum absolute atomic E-state index is 12.4. The van der Waals surface area contributed by atoms with E-state index in [0.717, 1.165) is 0 Å². The molecule has 0 bridgehead atoms. The van der Waals surface area contributed by atoms with Crippen molar-refractivity contribution < 1.29 is 34.2 Å². The van der Waals surface area contributed by atoms with E-state index in [2.05, 4.69) is 41.2 Å². The summed E-state index contributed by atoms with van der Waals surface area (Å²) < 4.78 is 0. The van der Waals surface area contributed by atoms with Crippen LogP contribution in [0, 0.1) is 5.92 Å². The number of amides is 3. The summed E-state index contributed by atoms with van der Waals surface area (Å²) in [6.45, 7) is 3.62. The third-order valence-corrected chi connectivity index (χ3v) is 4.91. The molecule has 0 aliphatic heterocycles. The fourth-order valence-electron chi connectivity index (χ4n) is 2.09. The Hall–Kier alpha value is -1.99. The molecule has 0 saturated heterocycles. The number of carboxylic acids is 2. The summed E-state index contributed by atoms with van der Waals surface area (Å²) in [5.74, 6) is -5.74. The Kier molecular flexibility index (Phi) is 12.4. The van der Waals surface area contributed by atoms with Crippen LogP contribution in [-0.2, 0) is 24.0 Å². The van der Waals surface area contributed by atoms with Gasteiger partial charge in [-0.2, -0.15) is 25.3 Å². The third kappa shape index (κ3) is 9.37. The van der Waals surface area contributed by atoms with Crippen molar-refractivity contribution in [2.24, 2.45) is 11.7 Å². The molecule has 0 aromatic carbocycles. The first-order valence-electron chi connectivity index (χ1n) is 8.81. The largest absolute Gasteiger partial charge is 0.481 e. The van der Waals surface area contributed by atoms with Crippen LogP contribution >= 0.6 is 25.3 Å². The van der Waals surface area contributed by atoms with Crippen molar-refractivity contribution in [2.75, 3.05) is 11.5 Å². The van der Waals surface area contributed by atoms with Crippen molar-refractivity contribution in [3.05, 3.63) is 0 Å². The van der Waals surface area contributed by atoms with Crippen molar-refractivity contribution in [3.63, 3.8) is 0 Å². The van der Waals surface area contributed by atoms with Crippen LogP contribution < -0.4 is 21.7 Å². The summed E-state index contributed by atoms with van der Waals surface area (Å²) in [4.78, 5) is 58.9. The Morgan fingerprint density at radius 2 is 1.31 bits per heavy atom. The van der Waals surface area contributed by atoms with Crippen LogP contribution in [0.25, 0.3) is 0 Å². The number of thiol groups is 2. The average Bonchev–Trinajstić information content (AvgIpc) is 2.66. The van der Waals surface area contributed by atoms with Crippen LogP contribution in [0.1, 0.15) is 26.7 Å². The lowest BCUT2D eigenvalue weighted by Gasteiger charge is -2.24. The topological polar surface area (TPSA) is 188 Å². The van der Waals surface area contributed by atoms with Gasteiger partial charge in [-0.25, -0.2) is 4.79 Å². The zero-order chi connectivity index (χ0) is 22.7. The van der Waals surface area contributed by atoms with Crippen molar-refractivity contribution in [3.8, 4) is 0 Å². The number of nitrogens with two attached hydrogens (primary N) is 1. The number of rotatable bonds is 13. The molecular weight excluding hydrogens is 424 g/mol. The minimum atomic E-state index is -1.57. The molecule has 29 heavy (non-hydrogen) atoms. The highest BCUT2D eigenvalue weighted by Crippen LogP contribution is 2.06. The summed E-state index contributed by atoms with van der Waals surface area (Å²) in [6.07, 6.45) is -0.154. The molecule has 0 radical (unpaired) electrons. The quantitative estimate of drug-likeness (QED) is 0.151. The van der Waals surface area contributed by atoms with E-state index in [-0.39, 0.29) is 17.4 Å². The van der Waals surface area contributed by atoms with Gasteiger partial charge in [0.2, 0.25) is 17.7 Å². The number of nitrogens with one attached hydrogen (secondary N) is 3. The highest BCUT2D eigenvalue weighted by atomic mass is 32.1. The second-order valence-electron chi connectivity index (χ2n) is 6.40. The first-order valence-corrected chi connectivity index (χ1v) is 10.1. The maximum atomic E-state index is 12.4. The second kappa shape index (κ2) is 13.3. The van der Waals surface area contributed by atoms with Gasteiger partial charge in [-0.1, -0.05) is 20.3 Å². The number of carboxylic acid groups (broad SMARTS) is 2. The number of aliphatic carboxylic acids is 2. The van der Waals surface area contributed by atoms with Crippen LogP contribution in [0.2, 0.25) is 0 Å². The van der Waals surface area contributed by atoms with Gasteiger partial charge in [0.05, 0.1) is 12.5 Å². The van der Waals surface area contributed by atoms with Gasteiger partial charge in [0.15, 0.2) is 0 Å². The van der Waals surface area contributed by atoms with Gasteiger partial charge in [0.1, 0.15) is 18.1 Å². The lowest BCUT2D eigenvalue weighted by Crippen LogP contribution is -2.58. The van der Waals surface area contributed by atoms with E-state index in [9.17, 15) is 24.0 Å². The van der Waals surface area contributed by atoms with E-state index >= 15 is 0 Å². The predicted molar refractivity (Wildman–Crippen MR) is 111 cm³/mol. The smallest absolute Gasteiger partial charge is 0.327 e. The first kappa shape index (κ1) is 27.0. The van der Waals surface area contributed by atoms with Crippen molar-refractivity contribution in [1.29, 1.82) is 0 Å².